The lowest BCUT2D eigenvalue weighted by Crippen LogP contribution is -1.98. The lowest BCUT2D eigenvalue weighted by atomic mass is 9.98. The summed E-state index contributed by atoms with van der Waals surface area (Å²) in [7, 11) is 0. The van der Waals surface area contributed by atoms with E-state index in [1.807, 2.05) is 36.4 Å². The molecule has 0 aromatic heterocycles. The third kappa shape index (κ3) is 3.35. The van der Waals surface area contributed by atoms with Gasteiger partial charge in [0.15, 0.2) is 5.78 Å². The number of benzene rings is 2. The molecule has 0 aliphatic carbocycles. The van der Waals surface area contributed by atoms with Crippen molar-refractivity contribution in [3.05, 3.63) is 71.3 Å². The van der Waals surface area contributed by atoms with Crippen molar-refractivity contribution in [2.75, 3.05) is 0 Å². The Bertz CT molecular complexity index is 625. The molecule has 0 amide bonds. The number of rotatable bonds is 4. The van der Waals surface area contributed by atoms with E-state index in [0.717, 1.165) is 11.1 Å². The standard InChI is InChI=1S/C18H18O2/c1-13(2)15-9-11-18(20)16(12-15)17(19)10-8-14-6-4-3-5-7-14/h3-13,20H,1-2H3/b10-8+. The van der Waals surface area contributed by atoms with Crippen LogP contribution < -0.4 is 0 Å². The number of phenols is 1. The van der Waals surface area contributed by atoms with E-state index >= 15 is 0 Å². The predicted octanol–water partition coefficient (Wildman–Crippen LogP) is 4.41. The van der Waals surface area contributed by atoms with Crippen molar-refractivity contribution in [3.8, 4) is 5.75 Å². The van der Waals surface area contributed by atoms with E-state index in [9.17, 15) is 9.90 Å². The molecule has 0 aliphatic rings. The topological polar surface area (TPSA) is 37.3 Å². The van der Waals surface area contributed by atoms with Gasteiger partial charge in [0.1, 0.15) is 5.75 Å². The number of carbonyl (C=O) groups excluding carboxylic acids is 1. The van der Waals surface area contributed by atoms with Crippen molar-refractivity contribution < 1.29 is 9.90 Å². The van der Waals surface area contributed by atoms with Crippen LogP contribution in [0.1, 0.15) is 41.3 Å². The first-order valence-electron chi connectivity index (χ1n) is 6.68. The molecule has 0 bridgehead atoms. The summed E-state index contributed by atoms with van der Waals surface area (Å²) < 4.78 is 0. The van der Waals surface area contributed by atoms with Crippen molar-refractivity contribution in [1.29, 1.82) is 0 Å². The Morgan fingerprint density at radius 1 is 1.10 bits per heavy atom. The number of ketones is 1. The van der Waals surface area contributed by atoms with E-state index in [-0.39, 0.29) is 11.5 Å². The van der Waals surface area contributed by atoms with Gasteiger partial charge >= 0.3 is 0 Å². The van der Waals surface area contributed by atoms with Crippen molar-refractivity contribution in [3.63, 3.8) is 0 Å². The summed E-state index contributed by atoms with van der Waals surface area (Å²) in [5.41, 5.74) is 2.35. The van der Waals surface area contributed by atoms with E-state index in [4.69, 9.17) is 0 Å². The predicted molar refractivity (Wildman–Crippen MR) is 82.0 cm³/mol. The van der Waals surface area contributed by atoms with Crippen molar-refractivity contribution in [2.24, 2.45) is 0 Å². The maximum absolute atomic E-state index is 12.2. The van der Waals surface area contributed by atoms with E-state index in [2.05, 4.69) is 13.8 Å². The van der Waals surface area contributed by atoms with Crippen LogP contribution >= 0.6 is 0 Å². The maximum atomic E-state index is 12.2. The van der Waals surface area contributed by atoms with Gasteiger partial charge in [-0.05, 0) is 35.3 Å². The Morgan fingerprint density at radius 3 is 2.45 bits per heavy atom. The van der Waals surface area contributed by atoms with E-state index in [1.54, 1.807) is 18.2 Å². The van der Waals surface area contributed by atoms with Gasteiger partial charge in [0, 0.05) is 0 Å². The van der Waals surface area contributed by atoms with Crippen molar-refractivity contribution in [2.45, 2.75) is 19.8 Å². The molecule has 0 atom stereocenters. The molecule has 0 saturated heterocycles. The van der Waals surface area contributed by atoms with Crippen LogP contribution in [0.25, 0.3) is 6.08 Å². The second-order valence-corrected chi connectivity index (χ2v) is 5.04. The molecule has 0 heterocycles. The minimum Gasteiger partial charge on any atom is -0.507 e. The third-order valence-corrected chi connectivity index (χ3v) is 3.18. The first-order valence-corrected chi connectivity index (χ1v) is 6.68. The zero-order valence-corrected chi connectivity index (χ0v) is 11.7. The van der Waals surface area contributed by atoms with Gasteiger partial charge in [-0.2, -0.15) is 0 Å². The summed E-state index contributed by atoms with van der Waals surface area (Å²) in [6.07, 6.45) is 3.25. The molecule has 2 nitrogen and oxygen atoms in total. The molecule has 0 saturated carbocycles. The molecule has 0 radical (unpaired) electrons. The molecule has 0 aliphatic heterocycles. The van der Waals surface area contributed by atoms with Crippen molar-refractivity contribution in [1.82, 2.24) is 0 Å². The van der Waals surface area contributed by atoms with Gasteiger partial charge < -0.3 is 5.11 Å². The molecule has 1 N–H and O–H groups in total. The van der Waals surface area contributed by atoms with Gasteiger partial charge in [0.25, 0.3) is 0 Å². The fourth-order valence-electron chi connectivity index (χ4n) is 1.94. The smallest absolute Gasteiger partial charge is 0.189 e. The second kappa shape index (κ2) is 6.20. The molecule has 2 aromatic rings. The molecular weight excluding hydrogens is 248 g/mol. The highest BCUT2D eigenvalue weighted by Gasteiger charge is 2.10. The number of allylic oxidation sites excluding steroid dienone is 1. The minimum atomic E-state index is -0.186. The van der Waals surface area contributed by atoms with E-state index in [1.165, 1.54) is 6.08 Å². The number of hydrogen-bond acceptors (Lipinski definition) is 2. The summed E-state index contributed by atoms with van der Waals surface area (Å²) in [6.45, 7) is 4.11. The summed E-state index contributed by atoms with van der Waals surface area (Å²) in [5, 5.41) is 9.83. The van der Waals surface area contributed by atoms with E-state index in [0.29, 0.717) is 11.5 Å². The van der Waals surface area contributed by atoms with Gasteiger partial charge in [0.05, 0.1) is 5.56 Å². The van der Waals surface area contributed by atoms with Gasteiger partial charge in [0.2, 0.25) is 0 Å². The average Bonchev–Trinajstić information content (AvgIpc) is 2.46. The zero-order chi connectivity index (χ0) is 14.5. The normalized spacial score (nSPS) is 11.2. The summed E-state index contributed by atoms with van der Waals surface area (Å²) in [5.74, 6) is 0.159. The van der Waals surface area contributed by atoms with Crippen LogP contribution in [-0.4, -0.2) is 10.9 Å². The zero-order valence-electron chi connectivity index (χ0n) is 11.7. The lowest BCUT2D eigenvalue weighted by Gasteiger charge is -2.08. The van der Waals surface area contributed by atoms with Gasteiger partial charge in [-0.1, -0.05) is 56.3 Å². The van der Waals surface area contributed by atoms with E-state index < -0.39 is 0 Å². The SMILES string of the molecule is CC(C)c1ccc(O)c(C(=O)/C=C/c2ccccc2)c1. The highest BCUT2D eigenvalue weighted by atomic mass is 16.3. The summed E-state index contributed by atoms with van der Waals surface area (Å²) >= 11 is 0. The van der Waals surface area contributed by atoms with Crippen LogP contribution in [0.4, 0.5) is 0 Å². The highest BCUT2D eigenvalue weighted by Crippen LogP contribution is 2.24. The summed E-state index contributed by atoms with van der Waals surface area (Å²) in [4.78, 5) is 12.2. The Balaban J connectivity index is 2.25. The van der Waals surface area contributed by atoms with Crippen molar-refractivity contribution >= 4 is 11.9 Å². The molecule has 20 heavy (non-hydrogen) atoms. The van der Waals surface area contributed by atoms with Crippen LogP contribution in [0, 0.1) is 0 Å². The Morgan fingerprint density at radius 2 is 1.80 bits per heavy atom. The van der Waals surface area contributed by atoms with Crippen LogP contribution in [0.3, 0.4) is 0 Å². The van der Waals surface area contributed by atoms with Crippen LogP contribution in [0.2, 0.25) is 0 Å². The number of phenolic OH excluding ortho intramolecular Hbond substituents is 1. The Hall–Kier alpha value is -2.35. The highest BCUT2D eigenvalue weighted by molar-refractivity contribution is 6.08. The van der Waals surface area contributed by atoms with Gasteiger partial charge in [-0.3, -0.25) is 4.79 Å². The molecule has 2 rings (SSSR count). The quantitative estimate of drug-likeness (QED) is 0.657. The molecule has 0 fully saturated rings. The van der Waals surface area contributed by atoms with Crippen LogP contribution in [-0.2, 0) is 0 Å². The fraction of sp³-hybridized carbons (Fsp3) is 0.167. The Kier molecular flexibility index (Phi) is 4.36. The second-order valence-electron chi connectivity index (χ2n) is 5.04. The lowest BCUT2D eigenvalue weighted by molar-refractivity contribution is 0.104. The van der Waals surface area contributed by atoms with Gasteiger partial charge in [-0.25, -0.2) is 0 Å². The fourth-order valence-corrected chi connectivity index (χ4v) is 1.94. The number of carbonyl (C=O) groups is 1. The molecule has 0 unspecified atom stereocenters. The molecular formula is C18H18O2. The van der Waals surface area contributed by atoms with Gasteiger partial charge in [-0.15, -0.1) is 0 Å². The first kappa shape index (κ1) is 14.1. The monoisotopic (exact) mass is 266 g/mol. The third-order valence-electron chi connectivity index (χ3n) is 3.18. The number of aromatic hydroxyl groups is 1. The maximum Gasteiger partial charge on any atom is 0.189 e. The number of hydrogen-bond donors (Lipinski definition) is 1. The molecule has 0 spiro atoms. The summed E-state index contributed by atoms with van der Waals surface area (Å²) in [6, 6.07) is 14.8. The van der Waals surface area contributed by atoms with Crippen LogP contribution in [0.15, 0.2) is 54.6 Å². The molecule has 102 valence electrons. The first-order chi connectivity index (χ1) is 9.58. The minimum absolute atomic E-state index is 0.0251. The Labute approximate surface area is 119 Å². The molecule has 2 aromatic carbocycles. The molecule has 2 heteroatoms. The average molecular weight is 266 g/mol. The van der Waals surface area contributed by atoms with Crippen LogP contribution in [0.5, 0.6) is 5.75 Å². The largest absolute Gasteiger partial charge is 0.507 e.